The zero-order valence-electron chi connectivity index (χ0n) is 7.37. The van der Waals surface area contributed by atoms with Gasteiger partial charge in [-0.1, -0.05) is 0 Å². The molecule has 0 fully saturated rings. The fraction of sp³-hybridized carbons (Fsp3) is 0.500. The third-order valence-electron chi connectivity index (χ3n) is 1.06. The van der Waals surface area contributed by atoms with E-state index in [4.69, 9.17) is 0 Å². The summed E-state index contributed by atoms with van der Waals surface area (Å²) in [5, 5.41) is 30.0. The van der Waals surface area contributed by atoms with Crippen LogP contribution in [0.15, 0.2) is 0 Å². The number of hydrogen-bond acceptors (Lipinski definition) is 7. The summed E-state index contributed by atoms with van der Waals surface area (Å²) in [6.07, 6.45) is 0. The van der Waals surface area contributed by atoms with Crippen LogP contribution in [0.2, 0.25) is 0 Å². The van der Waals surface area contributed by atoms with Gasteiger partial charge in [0.05, 0.1) is 17.9 Å². The molecule has 0 spiro atoms. The minimum Gasteiger partial charge on any atom is -0.549 e. The van der Waals surface area contributed by atoms with E-state index in [1.54, 1.807) is 0 Å². The Labute approximate surface area is 95.3 Å². The van der Waals surface area contributed by atoms with Gasteiger partial charge in [-0.15, -0.1) is 0 Å². The maximum atomic E-state index is 9.99. The summed E-state index contributed by atoms with van der Waals surface area (Å²) >= 11 is 0. The van der Waals surface area contributed by atoms with E-state index < -0.39 is 37.5 Å². The molecule has 0 atom stereocenters. The Bertz CT molecular complexity index is 193. The van der Waals surface area contributed by atoms with Gasteiger partial charge in [-0.25, -0.2) is 0 Å². The van der Waals surface area contributed by atoms with E-state index >= 15 is 0 Å². The maximum absolute atomic E-state index is 9.99. The van der Waals surface area contributed by atoms with Crippen molar-refractivity contribution in [2.45, 2.75) is 0 Å². The third-order valence-corrected chi connectivity index (χ3v) is 1.06. The summed E-state index contributed by atoms with van der Waals surface area (Å²) in [5.74, 6) is -4.70. The number of carbonyl (C=O) groups is 3. The van der Waals surface area contributed by atoms with Crippen LogP contribution in [0, 0.1) is 0 Å². The summed E-state index contributed by atoms with van der Waals surface area (Å²) < 4.78 is 0. The van der Waals surface area contributed by atoms with Crippen molar-refractivity contribution in [3.05, 3.63) is 0 Å². The molecule has 88 valence electrons. The molecule has 15 heavy (non-hydrogen) atoms. The molecule has 2 N–H and O–H groups in total. The van der Waals surface area contributed by atoms with Gasteiger partial charge in [0, 0.05) is 19.6 Å². The monoisotopic (exact) mass is 262 g/mol. The number of carbonyl (C=O) groups excluding carboxylic acids is 3. The maximum Gasteiger partial charge on any atom is 2.00 e. The molecule has 0 radical (unpaired) electrons. The zero-order chi connectivity index (χ0) is 10.4. The summed E-state index contributed by atoms with van der Waals surface area (Å²) in [4.78, 5) is 30.6. The first kappa shape index (κ1) is 19.4. The molecule has 0 rings (SSSR count). The molecule has 0 amide bonds. The van der Waals surface area contributed by atoms with E-state index in [1.165, 1.54) is 0 Å². The second-order valence-corrected chi connectivity index (χ2v) is 2.26. The van der Waals surface area contributed by atoms with E-state index in [-0.39, 0.29) is 22.5 Å². The topological polar surface area (TPSA) is 155 Å². The molecule has 0 aromatic carbocycles. The summed E-state index contributed by atoms with van der Waals surface area (Å²) in [7, 11) is 0. The van der Waals surface area contributed by atoms with Crippen molar-refractivity contribution in [1.82, 2.24) is 4.90 Å². The standard InChI is InChI=1S/C6H9NO6.Fe.H2O/c8-4(9)1-7(2-5(10)11)3-6(12)13;;/h1-3H2,(H,8,9)(H,10,11)(H,12,13);;1H2/q;+2;/p-3. The van der Waals surface area contributed by atoms with Crippen molar-refractivity contribution >= 4 is 17.9 Å². The van der Waals surface area contributed by atoms with Crippen LogP contribution in [0.1, 0.15) is 0 Å². The average molecular weight is 262 g/mol. The van der Waals surface area contributed by atoms with Crippen molar-refractivity contribution in [3.63, 3.8) is 0 Å². The number of carboxylic acid groups (broad SMARTS) is 3. The van der Waals surface area contributed by atoms with Crippen LogP contribution >= 0.6 is 0 Å². The first-order valence-corrected chi connectivity index (χ1v) is 3.23. The second kappa shape index (κ2) is 9.41. The van der Waals surface area contributed by atoms with Crippen LogP contribution in [0.3, 0.4) is 0 Å². The smallest absolute Gasteiger partial charge is 0.549 e. The van der Waals surface area contributed by atoms with Gasteiger partial charge in [0.25, 0.3) is 0 Å². The van der Waals surface area contributed by atoms with Crippen molar-refractivity contribution in [2.24, 2.45) is 0 Å². The number of carboxylic acids is 3. The van der Waals surface area contributed by atoms with Gasteiger partial charge in [-0.05, 0) is 0 Å². The van der Waals surface area contributed by atoms with Crippen LogP contribution in [0.25, 0.3) is 0 Å². The van der Waals surface area contributed by atoms with E-state index in [2.05, 4.69) is 0 Å². The van der Waals surface area contributed by atoms with E-state index in [0.29, 0.717) is 4.90 Å². The minimum atomic E-state index is -1.57. The first-order chi connectivity index (χ1) is 5.91. The van der Waals surface area contributed by atoms with Gasteiger partial charge in [0.15, 0.2) is 0 Å². The summed E-state index contributed by atoms with van der Waals surface area (Å²) in [6, 6.07) is 0. The van der Waals surface area contributed by atoms with Crippen LogP contribution in [0.5, 0.6) is 0 Å². The molecule has 0 aliphatic rings. The number of aliphatic carboxylic acids is 3. The summed E-state index contributed by atoms with van der Waals surface area (Å²) in [6.45, 7) is -2.37. The molecular weight excluding hydrogens is 254 g/mol. The predicted octanol–water partition coefficient (Wildman–Crippen LogP) is -6.29. The van der Waals surface area contributed by atoms with Crippen molar-refractivity contribution in [1.29, 1.82) is 0 Å². The molecule has 9 heteroatoms. The molecule has 0 aliphatic heterocycles. The average Bonchev–Trinajstić information content (AvgIpc) is 1.80. The molecule has 0 aromatic rings. The normalized spacial score (nSPS) is 8.60. The number of hydrogen-bond donors (Lipinski definition) is 0. The van der Waals surface area contributed by atoms with Crippen LogP contribution in [-0.4, -0.2) is 47.9 Å². The second-order valence-electron chi connectivity index (χ2n) is 2.26. The number of rotatable bonds is 6. The molecule has 0 saturated carbocycles. The molecular formula is C6H8FeNO7-. The van der Waals surface area contributed by atoms with Gasteiger partial charge in [0.1, 0.15) is 0 Å². The fourth-order valence-corrected chi connectivity index (χ4v) is 0.715. The molecule has 0 bridgehead atoms. The van der Waals surface area contributed by atoms with E-state index in [9.17, 15) is 29.7 Å². The Hall–Kier alpha value is -1.15. The number of nitrogens with zero attached hydrogens (tertiary/aromatic N) is 1. The van der Waals surface area contributed by atoms with Crippen LogP contribution < -0.4 is 15.3 Å². The van der Waals surface area contributed by atoms with Crippen LogP contribution in [-0.2, 0) is 31.5 Å². The Morgan fingerprint density at radius 3 is 1.13 bits per heavy atom. The largest absolute Gasteiger partial charge is 2.00 e. The van der Waals surface area contributed by atoms with Gasteiger partial charge >= 0.3 is 17.1 Å². The van der Waals surface area contributed by atoms with E-state index in [1.807, 2.05) is 0 Å². The predicted molar refractivity (Wildman–Crippen MR) is 35.1 cm³/mol. The van der Waals surface area contributed by atoms with Gasteiger partial charge < -0.3 is 35.2 Å². The minimum absolute atomic E-state index is 0. The van der Waals surface area contributed by atoms with E-state index in [0.717, 1.165) is 0 Å². The Kier molecular flexibility index (Phi) is 12.2. The Balaban J connectivity index is -0.000000720. The molecule has 8 nitrogen and oxygen atoms in total. The molecule has 0 saturated heterocycles. The van der Waals surface area contributed by atoms with Crippen LogP contribution in [0.4, 0.5) is 0 Å². The Morgan fingerprint density at radius 1 is 0.800 bits per heavy atom. The zero-order valence-corrected chi connectivity index (χ0v) is 8.48. The van der Waals surface area contributed by atoms with Gasteiger partial charge in [-0.2, -0.15) is 0 Å². The van der Waals surface area contributed by atoms with Gasteiger partial charge in [-0.3, -0.25) is 4.90 Å². The van der Waals surface area contributed by atoms with Gasteiger partial charge in [0.2, 0.25) is 0 Å². The summed E-state index contributed by atoms with van der Waals surface area (Å²) in [5.41, 5.74) is 0. The quantitative estimate of drug-likeness (QED) is 0.431. The third kappa shape index (κ3) is 12.8. The molecule has 0 unspecified atom stereocenters. The SMILES string of the molecule is O.O=C([O-])CN(CC(=O)[O-])CC(=O)[O-].[Fe+2]. The first-order valence-electron chi connectivity index (χ1n) is 3.23. The van der Waals surface area contributed by atoms with Crippen molar-refractivity contribution in [3.8, 4) is 0 Å². The molecule has 0 aromatic heterocycles. The fourth-order valence-electron chi connectivity index (χ4n) is 0.715. The molecule has 0 heterocycles. The van der Waals surface area contributed by atoms with Crippen molar-refractivity contribution < 1.29 is 52.2 Å². The molecule has 0 aliphatic carbocycles. The Morgan fingerprint density at radius 2 is 1.00 bits per heavy atom. The van der Waals surface area contributed by atoms with Crippen molar-refractivity contribution in [2.75, 3.05) is 19.6 Å².